The number of fused-ring (bicyclic) bond motifs is 1. The van der Waals surface area contributed by atoms with Crippen molar-refractivity contribution in [1.82, 2.24) is 9.97 Å². The quantitative estimate of drug-likeness (QED) is 0.808. The van der Waals surface area contributed by atoms with Crippen LogP contribution in [-0.4, -0.2) is 16.5 Å². The summed E-state index contributed by atoms with van der Waals surface area (Å²) in [5.41, 5.74) is 9.61. The van der Waals surface area contributed by atoms with Crippen LogP contribution >= 0.6 is 15.9 Å². The van der Waals surface area contributed by atoms with Gasteiger partial charge in [0.2, 0.25) is 0 Å². The van der Waals surface area contributed by atoms with Crippen molar-refractivity contribution in [1.29, 1.82) is 0 Å². The molecule has 0 unspecified atom stereocenters. The lowest BCUT2D eigenvalue weighted by Crippen LogP contribution is -2.35. The number of nitrogens with zero attached hydrogens (tertiary/aromatic N) is 1. The van der Waals surface area contributed by atoms with E-state index in [9.17, 15) is 0 Å². The molecule has 1 fully saturated rings. The van der Waals surface area contributed by atoms with E-state index < -0.39 is 0 Å². The van der Waals surface area contributed by atoms with Crippen LogP contribution in [0.25, 0.3) is 11.0 Å². The first kappa shape index (κ1) is 14.1. The van der Waals surface area contributed by atoms with Crippen LogP contribution in [0.15, 0.2) is 16.6 Å². The molecule has 3 nitrogen and oxygen atoms in total. The van der Waals surface area contributed by atoms with Gasteiger partial charge in [-0.1, -0.05) is 41.6 Å². The van der Waals surface area contributed by atoms with Gasteiger partial charge in [0.25, 0.3) is 0 Å². The summed E-state index contributed by atoms with van der Waals surface area (Å²) in [5.74, 6) is 1.10. The number of rotatable bonds is 2. The zero-order valence-corrected chi connectivity index (χ0v) is 13.6. The van der Waals surface area contributed by atoms with E-state index in [0.29, 0.717) is 6.54 Å². The Morgan fingerprint density at radius 3 is 2.60 bits per heavy atom. The van der Waals surface area contributed by atoms with E-state index in [1.165, 1.54) is 31.2 Å². The number of nitrogens with one attached hydrogen (secondary N) is 1. The van der Waals surface area contributed by atoms with E-state index in [-0.39, 0.29) is 5.41 Å². The van der Waals surface area contributed by atoms with Gasteiger partial charge in [-0.25, -0.2) is 4.98 Å². The Morgan fingerprint density at radius 1 is 1.25 bits per heavy atom. The molecule has 0 saturated heterocycles. The minimum atomic E-state index is 0.0500. The third kappa shape index (κ3) is 2.40. The molecule has 1 saturated carbocycles. The maximum absolute atomic E-state index is 6.16. The van der Waals surface area contributed by atoms with Crippen LogP contribution < -0.4 is 5.73 Å². The topological polar surface area (TPSA) is 54.7 Å². The average Bonchev–Trinajstić information content (AvgIpc) is 2.71. The molecular weight excluding hydrogens is 314 g/mol. The summed E-state index contributed by atoms with van der Waals surface area (Å²) < 4.78 is 1.10. The van der Waals surface area contributed by atoms with Crippen LogP contribution in [0, 0.1) is 6.92 Å². The van der Waals surface area contributed by atoms with Crippen molar-refractivity contribution >= 4 is 27.0 Å². The van der Waals surface area contributed by atoms with Crippen LogP contribution in [0.3, 0.4) is 0 Å². The summed E-state index contributed by atoms with van der Waals surface area (Å²) in [6.45, 7) is 2.80. The summed E-state index contributed by atoms with van der Waals surface area (Å²) in [4.78, 5) is 8.45. The monoisotopic (exact) mass is 335 g/mol. The van der Waals surface area contributed by atoms with E-state index in [1.54, 1.807) is 0 Å². The van der Waals surface area contributed by atoms with Gasteiger partial charge in [-0.05, 0) is 37.5 Å². The Labute approximate surface area is 128 Å². The number of hydrogen-bond donors (Lipinski definition) is 2. The van der Waals surface area contributed by atoms with Gasteiger partial charge in [-0.2, -0.15) is 0 Å². The average molecular weight is 336 g/mol. The van der Waals surface area contributed by atoms with Gasteiger partial charge < -0.3 is 10.7 Å². The molecule has 20 heavy (non-hydrogen) atoms. The molecule has 1 heterocycles. The first-order valence-electron chi connectivity index (χ1n) is 7.51. The largest absolute Gasteiger partial charge is 0.341 e. The SMILES string of the molecule is Cc1cc(Br)cc2[nH]c(C3(CN)CCCCCC3)nc12. The summed E-state index contributed by atoms with van der Waals surface area (Å²) in [5, 5.41) is 0. The second kappa shape index (κ2) is 5.49. The van der Waals surface area contributed by atoms with Crippen molar-refractivity contribution in [2.45, 2.75) is 50.9 Å². The lowest BCUT2D eigenvalue weighted by molar-refractivity contribution is 0.363. The number of nitrogens with two attached hydrogens (primary N) is 1. The fourth-order valence-electron chi connectivity index (χ4n) is 3.44. The minimum Gasteiger partial charge on any atom is -0.341 e. The molecule has 1 aliphatic carbocycles. The van der Waals surface area contributed by atoms with Crippen LogP contribution in [0.1, 0.15) is 49.9 Å². The van der Waals surface area contributed by atoms with Crippen molar-refractivity contribution in [3.05, 3.63) is 28.0 Å². The Hall–Kier alpha value is -0.870. The Kier molecular flexibility index (Phi) is 3.87. The van der Waals surface area contributed by atoms with E-state index in [0.717, 1.165) is 34.2 Å². The molecule has 108 valence electrons. The van der Waals surface area contributed by atoms with Crippen molar-refractivity contribution in [2.75, 3.05) is 6.54 Å². The third-order valence-electron chi connectivity index (χ3n) is 4.70. The van der Waals surface area contributed by atoms with Gasteiger partial charge in [-0.3, -0.25) is 0 Å². The molecule has 0 aliphatic heterocycles. The zero-order chi connectivity index (χ0) is 14.2. The highest BCUT2D eigenvalue weighted by Gasteiger charge is 2.34. The van der Waals surface area contributed by atoms with E-state index in [4.69, 9.17) is 10.7 Å². The van der Waals surface area contributed by atoms with Gasteiger partial charge >= 0.3 is 0 Å². The number of imidazole rings is 1. The molecule has 2 aromatic rings. The number of aromatic amines is 1. The molecule has 0 radical (unpaired) electrons. The smallest absolute Gasteiger partial charge is 0.114 e. The molecule has 4 heteroatoms. The molecule has 3 N–H and O–H groups in total. The molecule has 0 amide bonds. The molecule has 1 aromatic carbocycles. The van der Waals surface area contributed by atoms with Crippen molar-refractivity contribution in [3.63, 3.8) is 0 Å². The number of H-pyrrole nitrogens is 1. The number of hydrogen-bond acceptors (Lipinski definition) is 2. The van der Waals surface area contributed by atoms with Crippen LogP contribution in [0.4, 0.5) is 0 Å². The zero-order valence-electron chi connectivity index (χ0n) is 12.0. The molecule has 0 atom stereocenters. The lowest BCUT2D eigenvalue weighted by Gasteiger charge is -2.29. The van der Waals surface area contributed by atoms with Crippen molar-refractivity contribution < 1.29 is 0 Å². The Morgan fingerprint density at radius 2 is 1.95 bits per heavy atom. The van der Waals surface area contributed by atoms with Crippen LogP contribution in [0.2, 0.25) is 0 Å². The second-order valence-corrected chi connectivity index (χ2v) is 7.02. The van der Waals surface area contributed by atoms with E-state index in [1.807, 2.05) is 0 Å². The third-order valence-corrected chi connectivity index (χ3v) is 5.15. The Bertz CT molecular complexity index is 609. The molecule has 1 aliphatic rings. The first-order chi connectivity index (χ1) is 9.64. The number of halogens is 1. The highest BCUT2D eigenvalue weighted by atomic mass is 79.9. The van der Waals surface area contributed by atoms with Gasteiger partial charge in [-0.15, -0.1) is 0 Å². The standard InChI is InChI=1S/C16H22BrN3/c1-11-8-12(17)9-13-14(11)20-15(19-13)16(10-18)6-4-2-3-5-7-16/h8-9H,2-7,10,18H2,1H3,(H,19,20). The van der Waals surface area contributed by atoms with Crippen LogP contribution in [0.5, 0.6) is 0 Å². The fraction of sp³-hybridized carbons (Fsp3) is 0.562. The predicted molar refractivity (Wildman–Crippen MR) is 87.0 cm³/mol. The van der Waals surface area contributed by atoms with Crippen molar-refractivity contribution in [2.24, 2.45) is 5.73 Å². The summed E-state index contributed by atoms with van der Waals surface area (Å²) in [7, 11) is 0. The lowest BCUT2D eigenvalue weighted by atomic mass is 9.79. The first-order valence-corrected chi connectivity index (χ1v) is 8.30. The highest BCUT2D eigenvalue weighted by molar-refractivity contribution is 9.10. The Balaban J connectivity index is 2.09. The summed E-state index contributed by atoms with van der Waals surface area (Å²) in [6, 6.07) is 4.23. The summed E-state index contributed by atoms with van der Waals surface area (Å²) in [6.07, 6.45) is 7.49. The maximum atomic E-state index is 6.16. The van der Waals surface area contributed by atoms with Gasteiger partial charge in [0.15, 0.2) is 0 Å². The number of aryl methyl sites for hydroxylation is 1. The van der Waals surface area contributed by atoms with E-state index >= 15 is 0 Å². The fourth-order valence-corrected chi connectivity index (χ4v) is 4.01. The van der Waals surface area contributed by atoms with Crippen LogP contribution in [-0.2, 0) is 5.41 Å². The number of aromatic nitrogens is 2. The molecule has 0 spiro atoms. The molecule has 1 aromatic heterocycles. The molecule has 0 bridgehead atoms. The molecular formula is C16H22BrN3. The van der Waals surface area contributed by atoms with Gasteiger partial charge in [0.1, 0.15) is 5.82 Å². The van der Waals surface area contributed by atoms with Gasteiger partial charge in [0, 0.05) is 16.4 Å². The normalized spacial score (nSPS) is 19.1. The number of benzene rings is 1. The summed E-state index contributed by atoms with van der Waals surface area (Å²) >= 11 is 3.56. The minimum absolute atomic E-state index is 0.0500. The molecule has 3 rings (SSSR count). The second-order valence-electron chi connectivity index (χ2n) is 6.10. The van der Waals surface area contributed by atoms with Gasteiger partial charge in [0.05, 0.1) is 11.0 Å². The van der Waals surface area contributed by atoms with E-state index in [2.05, 4.69) is 40.0 Å². The van der Waals surface area contributed by atoms with Crippen molar-refractivity contribution in [3.8, 4) is 0 Å². The highest BCUT2D eigenvalue weighted by Crippen LogP contribution is 2.37. The predicted octanol–water partition coefficient (Wildman–Crippen LogP) is 4.18. The maximum Gasteiger partial charge on any atom is 0.114 e.